The molecule has 0 heterocycles. The molecule has 1 amide bonds. The van der Waals surface area contributed by atoms with E-state index in [4.69, 9.17) is 0 Å². The average Bonchev–Trinajstić information content (AvgIpc) is 2.18. The molecule has 1 atom stereocenters. The Bertz CT molecular complexity index is 326. The van der Waals surface area contributed by atoms with Crippen LogP contribution >= 0.6 is 27.7 Å². The van der Waals surface area contributed by atoms with E-state index >= 15 is 0 Å². The van der Waals surface area contributed by atoms with Crippen LogP contribution in [0, 0.1) is 0 Å². The third kappa shape index (κ3) is 4.26. The lowest BCUT2D eigenvalue weighted by Gasteiger charge is -2.13. The second kappa shape index (κ2) is 6.18. The molecule has 4 heteroatoms. The maximum absolute atomic E-state index is 11.4. The summed E-state index contributed by atoms with van der Waals surface area (Å²) in [5, 5.41) is 2.94. The highest BCUT2D eigenvalue weighted by molar-refractivity contribution is 9.10. The monoisotopic (exact) mass is 287 g/mol. The minimum atomic E-state index is 0.0674. The number of halogens is 1. The summed E-state index contributed by atoms with van der Waals surface area (Å²) in [5.74, 6) is 0.596. The molecule has 2 nitrogen and oxygen atoms in total. The quantitative estimate of drug-likeness (QED) is 0.923. The molecule has 0 fully saturated rings. The molecule has 0 saturated heterocycles. The molecule has 1 aromatic rings. The molecule has 1 unspecified atom stereocenters. The Morgan fingerprint density at radius 3 is 2.60 bits per heavy atom. The van der Waals surface area contributed by atoms with Gasteiger partial charge in [-0.3, -0.25) is 4.79 Å². The molecule has 0 spiro atoms. The van der Waals surface area contributed by atoms with E-state index in [1.807, 2.05) is 37.4 Å². The van der Waals surface area contributed by atoms with Gasteiger partial charge in [-0.1, -0.05) is 28.1 Å². The van der Waals surface area contributed by atoms with Crippen molar-refractivity contribution in [3.63, 3.8) is 0 Å². The number of rotatable bonds is 4. The number of carbonyl (C=O) groups is 1. The first kappa shape index (κ1) is 12.6. The molecular formula is C11H14BrNOS. The third-order valence-electron chi connectivity index (χ3n) is 2.02. The average molecular weight is 288 g/mol. The molecule has 0 bridgehead atoms. The minimum Gasteiger partial charge on any atom is -0.349 e. The summed E-state index contributed by atoms with van der Waals surface area (Å²) in [7, 11) is 0. The van der Waals surface area contributed by atoms with Crippen LogP contribution in [-0.2, 0) is 4.79 Å². The van der Waals surface area contributed by atoms with Crippen molar-refractivity contribution in [2.75, 3.05) is 12.0 Å². The van der Waals surface area contributed by atoms with Crippen molar-refractivity contribution in [1.82, 2.24) is 5.32 Å². The summed E-state index contributed by atoms with van der Waals surface area (Å²) in [5.41, 5.74) is 1.12. The maximum atomic E-state index is 11.4. The van der Waals surface area contributed by atoms with Crippen LogP contribution in [0.4, 0.5) is 0 Å². The lowest BCUT2D eigenvalue weighted by Crippen LogP contribution is -2.28. The van der Waals surface area contributed by atoms with Crippen LogP contribution in [0.5, 0.6) is 0 Å². The van der Waals surface area contributed by atoms with Gasteiger partial charge in [0.15, 0.2) is 0 Å². The Labute approximate surface area is 103 Å². The zero-order chi connectivity index (χ0) is 11.3. The number of carbonyl (C=O) groups excluding carboxylic acids is 1. The number of benzene rings is 1. The van der Waals surface area contributed by atoms with Gasteiger partial charge in [0.2, 0.25) is 5.91 Å². The molecule has 0 aromatic heterocycles. The van der Waals surface area contributed by atoms with E-state index in [1.165, 1.54) is 11.8 Å². The normalized spacial score (nSPS) is 12.2. The van der Waals surface area contributed by atoms with Crippen LogP contribution in [0.1, 0.15) is 18.5 Å². The minimum absolute atomic E-state index is 0.0674. The summed E-state index contributed by atoms with van der Waals surface area (Å²) in [6.45, 7) is 1.99. The van der Waals surface area contributed by atoms with Crippen LogP contribution in [0.15, 0.2) is 28.7 Å². The van der Waals surface area contributed by atoms with Crippen LogP contribution in [-0.4, -0.2) is 17.9 Å². The molecule has 0 aliphatic carbocycles. The van der Waals surface area contributed by atoms with Crippen molar-refractivity contribution in [2.24, 2.45) is 0 Å². The fourth-order valence-corrected chi connectivity index (χ4v) is 1.86. The van der Waals surface area contributed by atoms with Gasteiger partial charge in [0, 0.05) is 4.47 Å². The topological polar surface area (TPSA) is 29.1 Å². The molecule has 1 aromatic carbocycles. The van der Waals surface area contributed by atoms with Gasteiger partial charge in [-0.15, -0.1) is 0 Å². The molecule has 15 heavy (non-hydrogen) atoms. The molecule has 82 valence electrons. The van der Waals surface area contributed by atoms with E-state index in [0.29, 0.717) is 5.75 Å². The SMILES string of the molecule is CSCC(=O)NC(C)c1ccc(Br)cc1. The molecule has 1 N–H and O–H groups in total. The number of hydrogen-bond acceptors (Lipinski definition) is 2. The van der Waals surface area contributed by atoms with Crippen LogP contribution in [0.2, 0.25) is 0 Å². The van der Waals surface area contributed by atoms with Crippen molar-refractivity contribution >= 4 is 33.6 Å². The number of thioether (sulfide) groups is 1. The van der Waals surface area contributed by atoms with Gasteiger partial charge in [0.05, 0.1) is 11.8 Å². The lowest BCUT2D eigenvalue weighted by molar-refractivity contribution is -0.119. The molecule has 0 radical (unpaired) electrons. The summed E-state index contributed by atoms with van der Waals surface area (Å²) < 4.78 is 1.05. The van der Waals surface area contributed by atoms with Crippen LogP contribution in [0.25, 0.3) is 0 Å². The summed E-state index contributed by atoms with van der Waals surface area (Å²) in [6.07, 6.45) is 1.92. The zero-order valence-corrected chi connectivity index (χ0v) is 11.2. The lowest BCUT2D eigenvalue weighted by atomic mass is 10.1. The van der Waals surface area contributed by atoms with E-state index in [2.05, 4.69) is 21.2 Å². The maximum Gasteiger partial charge on any atom is 0.230 e. The van der Waals surface area contributed by atoms with Crippen molar-refractivity contribution in [3.8, 4) is 0 Å². The number of nitrogens with one attached hydrogen (secondary N) is 1. The highest BCUT2D eigenvalue weighted by Crippen LogP contribution is 2.16. The second-order valence-electron chi connectivity index (χ2n) is 3.27. The predicted octanol–water partition coefficient (Wildman–Crippen LogP) is 2.99. The Morgan fingerprint density at radius 1 is 1.47 bits per heavy atom. The fraction of sp³-hybridized carbons (Fsp3) is 0.364. The summed E-state index contributed by atoms with van der Waals surface area (Å²) in [4.78, 5) is 11.4. The molecular weight excluding hydrogens is 274 g/mol. The highest BCUT2D eigenvalue weighted by Gasteiger charge is 2.08. The second-order valence-corrected chi connectivity index (χ2v) is 5.06. The summed E-state index contributed by atoms with van der Waals surface area (Å²) >= 11 is 4.91. The van der Waals surface area contributed by atoms with Crippen molar-refractivity contribution < 1.29 is 4.79 Å². The van der Waals surface area contributed by atoms with Gasteiger partial charge >= 0.3 is 0 Å². The van der Waals surface area contributed by atoms with E-state index in [1.54, 1.807) is 0 Å². The first-order valence-electron chi connectivity index (χ1n) is 4.67. The van der Waals surface area contributed by atoms with Crippen LogP contribution < -0.4 is 5.32 Å². The smallest absolute Gasteiger partial charge is 0.230 e. The van der Waals surface area contributed by atoms with Gasteiger partial charge in [-0.25, -0.2) is 0 Å². The number of amides is 1. The fourth-order valence-electron chi connectivity index (χ4n) is 1.25. The van der Waals surface area contributed by atoms with Gasteiger partial charge in [-0.2, -0.15) is 11.8 Å². The molecule has 0 saturated carbocycles. The first-order valence-corrected chi connectivity index (χ1v) is 6.86. The van der Waals surface area contributed by atoms with E-state index in [-0.39, 0.29) is 11.9 Å². The van der Waals surface area contributed by atoms with Crippen molar-refractivity contribution in [3.05, 3.63) is 34.3 Å². The standard InChI is InChI=1S/C11H14BrNOS/c1-8(13-11(14)7-15-2)9-3-5-10(12)6-4-9/h3-6,8H,7H2,1-2H3,(H,13,14). The van der Waals surface area contributed by atoms with Crippen molar-refractivity contribution in [2.45, 2.75) is 13.0 Å². The Morgan fingerprint density at radius 2 is 2.07 bits per heavy atom. The predicted molar refractivity (Wildman–Crippen MR) is 69.1 cm³/mol. The van der Waals surface area contributed by atoms with Crippen molar-refractivity contribution in [1.29, 1.82) is 0 Å². The van der Waals surface area contributed by atoms with E-state index in [9.17, 15) is 4.79 Å². The summed E-state index contributed by atoms with van der Waals surface area (Å²) in [6, 6.07) is 8.04. The molecule has 1 rings (SSSR count). The molecule has 0 aliphatic rings. The van der Waals surface area contributed by atoms with Gasteiger partial charge in [-0.05, 0) is 30.9 Å². The highest BCUT2D eigenvalue weighted by atomic mass is 79.9. The zero-order valence-electron chi connectivity index (χ0n) is 8.79. The van der Waals surface area contributed by atoms with Gasteiger partial charge < -0.3 is 5.32 Å². The van der Waals surface area contributed by atoms with Gasteiger partial charge in [0.25, 0.3) is 0 Å². The molecule has 0 aliphatic heterocycles. The number of hydrogen-bond donors (Lipinski definition) is 1. The van der Waals surface area contributed by atoms with E-state index < -0.39 is 0 Å². The Hall–Kier alpha value is -0.480. The Kier molecular flexibility index (Phi) is 5.19. The first-order chi connectivity index (χ1) is 7.13. The van der Waals surface area contributed by atoms with E-state index in [0.717, 1.165) is 10.0 Å². The van der Waals surface area contributed by atoms with Crippen LogP contribution in [0.3, 0.4) is 0 Å². The van der Waals surface area contributed by atoms with Gasteiger partial charge in [0.1, 0.15) is 0 Å². The third-order valence-corrected chi connectivity index (χ3v) is 3.10. The Balaban J connectivity index is 2.57. The largest absolute Gasteiger partial charge is 0.349 e.